The number of aryl methyl sites for hydroxylation is 1. The van der Waals surface area contributed by atoms with Crippen LogP contribution in [0, 0.1) is 0 Å². The van der Waals surface area contributed by atoms with Gasteiger partial charge in [0, 0.05) is 18.8 Å². The van der Waals surface area contributed by atoms with Crippen LogP contribution in [0.1, 0.15) is 47.1 Å². The number of hydrogen-bond donors (Lipinski definition) is 0. The van der Waals surface area contributed by atoms with Crippen LogP contribution in [-0.2, 0) is 18.1 Å². The summed E-state index contributed by atoms with van der Waals surface area (Å²) in [7, 11) is 0.144. The lowest BCUT2D eigenvalue weighted by Crippen LogP contribution is -2.47. The monoisotopic (exact) mass is 344 g/mol. The van der Waals surface area contributed by atoms with Crippen molar-refractivity contribution in [2.45, 2.75) is 64.8 Å². The molecule has 0 saturated heterocycles. The van der Waals surface area contributed by atoms with E-state index >= 15 is 0 Å². The maximum Gasteiger partial charge on any atom is 0.200 e. The maximum atomic E-state index is 6.67. The van der Waals surface area contributed by atoms with Crippen LogP contribution in [0.2, 0.25) is 16.6 Å². The Morgan fingerprint density at radius 1 is 0.917 bits per heavy atom. The van der Waals surface area contributed by atoms with Gasteiger partial charge in [-0.05, 0) is 28.3 Å². The van der Waals surface area contributed by atoms with Gasteiger partial charge in [0.25, 0.3) is 0 Å². The summed E-state index contributed by atoms with van der Waals surface area (Å²) >= 11 is 0. The standard InChI is InChI=1S/C20H32N2OSi/c1-15(2)24(16(3)4,17(5)6)23-14-18-8-10-19(11-9-18)20-12-13-22(7)21-20/h8-13,15-17H,14H2,1-7H3. The Balaban J connectivity index is 2.13. The first-order valence-corrected chi connectivity index (χ1v) is 11.1. The average molecular weight is 345 g/mol. The van der Waals surface area contributed by atoms with Crippen LogP contribution in [-0.4, -0.2) is 18.1 Å². The van der Waals surface area contributed by atoms with Crippen molar-refractivity contribution in [2.24, 2.45) is 7.05 Å². The summed E-state index contributed by atoms with van der Waals surface area (Å²) in [5.74, 6) is 0. The summed E-state index contributed by atoms with van der Waals surface area (Å²) in [6.45, 7) is 14.7. The van der Waals surface area contributed by atoms with Crippen molar-refractivity contribution in [3.8, 4) is 11.3 Å². The van der Waals surface area contributed by atoms with Crippen molar-refractivity contribution in [2.75, 3.05) is 0 Å². The smallest absolute Gasteiger partial charge is 0.200 e. The van der Waals surface area contributed by atoms with Crippen LogP contribution >= 0.6 is 0 Å². The van der Waals surface area contributed by atoms with E-state index in [4.69, 9.17) is 4.43 Å². The van der Waals surface area contributed by atoms with Gasteiger partial charge in [-0.3, -0.25) is 4.68 Å². The topological polar surface area (TPSA) is 27.1 Å². The van der Waals surface area contributed by atoms with Gasteiger partial charge >= 0.3 is 0 Å². The van der Waals surface area contributed by atoms with E-state index in [0.717, 1.165) is 11.3 Å². The molecule has 3 nitrogen and oxygen atoms in total. The van der Waals surface area contributed by atoms with Crippen LogP contribution in [0.4, 0.5) is 0 Å². The molecule has 4 heteroatoms. The Morgan fingerprint density at radius 2 is 1.46 bits per heavy atom. The van der Waals surface area contributed by atoms with Crippen molar-refractivity contribution in [1.29, 1.82) is 0 Å². The van der Waals surface area contributed by atoms with Crippen LogP contribution in [0.5, 0.6) is 0 Å². The zero-order valence-corrected chi connectivity index (χ0v) is 17.2. The summed E-state index contributed by atoms with van der Waals surface area (Å²) in [6, 6.07) is 10.7. The van der Waals surface area contributed by atoms with E-state index in [1.807, 2.05) is 24.0 Å². The highest BCUT2D eigenvalue weighted by atomic mass is 28.4. The van der Waals surface area contributed by atoms with E-state index in [1.165, 1.54) is 5.56 Å². The Morgan fingerprint density at radius 3 is 1.88 bits per heavy atom. The molecule has 24 heavy (non-hydrogen) atoms. The molecule has 0 aliphatic heterocycles. The lowest BCUT2D eigenvalue weighted by Gasteiger charge is -2.42. The molecule has 132 valence electrons. The quantitative estimate of drug-likeness (QED) is 0.595. The van der Waals surface area contributed by atoms with Gasteiger partial charge in [-0.25, -0.2) is 0 Å². The molecular formula is C20H32N2OSi. The summed E-state index contributed by atoms with van der Waals surface area (Å²) in [5.41, 5.74) is 5.26. The zero-order valence-electron chi connectivity index (χ0n) is 16.2. The minimum Gasteiger partial charge on any atom is -0.412 e. The third-order valence-electron chi connectivity index (χ3n) is 5.16. The summed E-state index contributed by atoms with van der Waals surface area (Å²) in [6.07, 6.45) is 1.97. The van der Waals surface area contributed by atoms with Crippen molar-refractivity contribution < 1.29 is 4.43 Å². The molecule has 0 aliphatic rings. The van der Waals surface area contributed by atoms with Crippen LogP contribution in [0.25, 0.3) is 11.3 Å². The normalized spacial score (nSPS) is 12.6. The molecule has 1 heterocycles. The van der Waals surface area contributed by atoms with Gasteiger partial charge < -0.3 is 4.43 Å². The van der Waals surface area contributed by atoms with Gasteiger partial charge in [0.15, 0.2) is 0 Å². The van der Waals surface area contributed by atoms with Gasteiger partial charge in [0.2, 0.25) is 8.32 Å². The highest BCUT2D eigenvalue weighted by Crippen LogP contribution is 2.42. The molecule has 0 amide bonds. The molecule has 2 aromatic rings. The predicted octanol–water partition coefficient (Wildman–Crippen LogP) is 5.78. The van der Waals surface area contributed by atoms with E-state index < -0.39 is 8.32 Å². The largest absolute Gasteiger partial charge is 0.412 e. The lowest BCUT2D eigenvalue weighted by molar-refractivity contribution is 0.266. The van der Waals surface area contributed by atoms with Gasteiger partial charge in [0.05, 0.1) is 12.3 Å². The fourth-order valence-electron chi connectivity index (χ4n) is 4.05. The molecule has 0 N–H and O–H groups in total. The van der Waals surface area contributed by atoms with Crippen LogP contribution in [0.3, 0.4) is 0 Å². The fraction of sp³-hybridized carbons (Fsp3) is 0.550. The number of hydrogen-bond acceptors (Lipinski definition) is 2. The highest BCUT2D eigenvalue weighted by molar-refractivity contribution is 6.77. The van der Waals surface area contributed by atoms with Crippen LogP contribution in [0.15, 0.2) is 36.5 Å². The Labute approximate surface area is 148 Å². The second kappa shape index (κ2) is 7.66. The van der Waals surface area contributed by atoms with Crippen molar-refractivity contribution in [1.82, 2.24) is 9.78 Å². The molecule has 0 aliphatic carbocycles. The molecule has 2 rings (SSSR count). The molecule has 0 bridgehead atoms. The first kappa shape index (κ1) is 18.9. The Hall–Kier alpha value is -1.39. The molecule has 0 spiro atoms. The first-order chi connectivity index (χ1) is 11.3. The number of aromatic nitrogens is 2. The number of rotatable bonds is 7. The highest BCUT2D eigenvalue weighted by Gasteiger charge is 2.44. The second-order valence-corrected chi connectivity index (χ2v) is 13.1. The van der Waals surface area contributed by atoms with E-state index in [2.05, 4.69) is 70.9 Å². The average Bonchev–Trinajstić information content (AvgIpc) is 2.94. The first-order valence-electron chi connectivity index (χ1n) is 9.00. The van der Waals surface area contributed by atoms with Crippen molar-refractivity contribution >= 4 is 8.32 Å². The molecule has 0 unspecified atom stereocenters. The Bertz CT molecular complexity index is 622. The van der Waals surface area contributed by atoms with Gasteiger partial charge in [-0.1, -0.05) is 65.8 Å². The molecule has 0 atom stereocenters. The second-order valence-electron chi connectivity index (χ2n) is 7.68. The predicted molar refractivity (Wildman–Crippen MR) is 104 cm³/mol. The van der Waals surface area contributed by atoms with E-state index in [0.29, 0.717) is 23.2 Å². The number of nitrogens with zero attached hydrogens (tertiary/aromatic N) is 2. The third kappa shape index (κ3) is 3.81. The number of benzene rings is 1. The van der Waals surface area contributed by atoms with E-state index in [9.17, 15) is 0 Å². The van der Waals surface area contributed by atoms with Crippen molar-refractivity contribution in [3.05, 3.63) is 42.1 Å². The fourth-order valence-corrected chi connectivity index (χ4v) is 9.47. The summed E-state index contributed by atoms with van der Waals surface area (Å²) in [4.78, 5) is 0. The summed E-state index contributed by atoms with van der Waals surface area (Å²) in [5, 5.41) is 4.46. The summed E-state index contributed by atoms with van der Waals surface area (Å²) < 4.78 is 8.50. The minimum atomic E-state index is -1.80. The lowest BCUT2D eigenvalue weighted by atomic mass is 10.1. The van der Waals surface area contributed by atoms with Gasteiger partial charge in [-0.15, -0.1) is 0 Å². The maximum absolute atomic E-state index is 6.67. The van der Waals surface area contributed by atoms with Gasteiger partial charge in [-0.2, -0.15) is 5.10 Å². The molecule has 0 saturated carbocycles. The van der Waals surface area contributed by atoms with Crippen LogP contribution < -0.4 is 0 Å². The third-order valence-corrected chi connectivity index (χ3v) is 11.2. The van der Waals surface area contributed by atoms with Gasteiger partial charge in [0.1, 0.15) is 0 Å². The molecule has 1 aromatic heterocycles. The minimum absolute atomic E-state index is 0.616. The van der Waals surface area contributed by atoms with E-state index in [-0.39, 0.29) is 0 Å². The molecular weight excluding hydrogens is 312 g/mol. The zero-order chi connectivity index (χ0) is 17.9. The SMILES string of the molecule is CC(C)[Si](OCc1ccc(-c2ccn(C)n2)cc1)(C(C)C)C(C)C. The Kier molecular flexibility index (Phi) is 6.05. The van der Waals surface area contributed by atoms with E-state index in [1.54, 1.807) is 0 Å². The molecule has 0 radical (unpaired) electrons. The molecule has 1 aromatic carbocycles. The van der Waals surface area contributed by atoms with Crippen molar-refractivity contribution in [3.63, 3.8) is 0 Å². The molecule has 0 fully saturated rings.